The highest BCUT2D eigenvalue weighted by molar-refractivity contribution is 5.97. The van der Waals surface area contributed by atoms with Gasteiger partial charge in [-0.05, 0) is 57.7 Å². The molecule has 0 aliphatic heterocycles. The number of nitrogen functional groups attached to an aromatic ring is 1. The minimum atomic E-state index is -0.516. The van der Waals surface area contributed by atoms with Crippen molar-refractivity contribution in [3.05, 3.63) is 65.6 Å². The molecule has 0 bridgehead atoms. The zero-order valence-corrected chi connectivity index (χ0v) is 24.3. The Hall–Kier alpha value is -4.18. The zero-order chi connectivity index (χ0) is 29.0. The molecule has 1 aromatic carbocycles. The Morgan fingerprint density at radius 3 is 2.76 bits per heavy atom. The number of carbonyl (C=O) groups excluding carboxylic acids is 1. The fraction of sp³-hybridized carbons (Fsp3) is 0.419. The molecule has 3 aromatic heterocycles. The first-order valence-electron chi connectivity index (χ1n) is 14.2. The third-order valence-electron chi connectivity index (χ3n) is 7.03. The van der Waals surface area contributed by atoms with Gasteiger partial charge in [0.1, 0.15) is 23.4 Å². The summed E-state index contributed by atoms with van der Waals surface area (Å²) in [6, 6.07) is 12.3. The van der Waals surface area contributed by atoms with E-state index in [4.69, 9.17) is 20.3 Å². The van der Waals surface area contributed by atoms with E-state index >= 15 is 0 Å². The number of anilines is 1. The number of fused-ring (bicyclic) bond motifs is 2. The van der Waals surface area contributed by atoms with Crippen LogP contribution in [0.25, 0.3) is 28.5 Å². The van der Waals surface area contributed by atoms with Gasteiger partial charge in [-0.15, -0.1) is 0 Å². The van der Waals surface area contributed by atoms with Crippen LogP contribution in [0.5, 0.6) is 0 Å². The lowest BCUT2D eigenvalue weighted by atomic mass is 10.0. The Labute approximate surface area is 240 Å². The van der Waals surface area contributed by atoms with Crippen LogP contribution in [0, 0.1) is 0 Å². The number of nitrogens with zero attached hydrogens (tertiary/aromatic N) is 5. The number of ether oxygens (including phenoxy) is 2. The molecule has 0 radical (unpaired) electrons. The van der Waals surface area contributed by atoms with E-state index in [2.05, 4.69) is 45.3 Å². The lowest BCUT2D eigenvalue weighted by molar-refractivity contribution is 0.0257. The highest BCUT2D eigenvalue weighted by Crippen LogP contribution is 2.33. The van der Waals surface area contributed by atoms with Gasteiger partial charge in [0.2, 0.25) is 0 Å². The average molecular weight is 558 g/mol. The minimum Gasteiger partial charge on any atom is -0.444 e. The van der Waals surface area contributed by atoms with Crippen LogP contribution in [-0.2, 0) is 29.0 Å². The van der Waals surface area contributed by atoms with Crippen LogP contribution in [0.3, 0.4) is 0 Å². The number of nitrogens with two attached hydrogens (primary N) is 1. The summed E-state index contributed by atoms with van der Waals surface area (Å²) in [6.45, 7) is 9.99. The van der Waals surface area contributed by atoms with Crippen molar-refractivity contribution in [2.45, 2.75) is 71.8 Å². The van der Waals surface area contributed by atoms with Gasteiger partial charge in [0.05, 0.1) is 23.8 Å². The Morgan fingerprint density at radius 2 is 2.00 bits per heavy atom. The van der Waals surface area contributed by atoms with Gasteiger partial charge in [-0.25, -0.2) is 19.4 Å². The predicted octanol–water partition coefficient (Wildman–Crippen LogP) is 5.60. The van der Waals surface area contributed by atoms with E-state index in [1.165, 1.54) is 6.33 Å². The van der Waals surface area contributed by atoms with Crippen molar-refractivity contribution in [1.29, 1.82) is 0 Å². The van der Waals surface area contributed by atoms with Crippen molar-refractivity contribution in [3.63, 3.8) is 0 Å². The van der Waals surface area contributed by atoms with Crippen molar-refractivity contribution in [2.24, 2.45) is 0 Å². The molecule has 1 atom stereocenters. The molecular formula is C31H39N7O3. The van der Waals surface area contributed by atoms with Crippen LogP contribution in [-0.4, -0.2) is 60.5 Å². The Morgan fingerprint density at radius 1 is 1.20 bits per heavy atom. The number of carbonyl (C=O) groups is 1. The maximum absolute atomic E-state index is 12.5. The van der Waals surface area contributed by atoms with Crippen molar-refractivity contribution in [3.8, 4) is 11.4 Å². The molecule has 216 valence electrons. The predicted molar refractivity (Wildman–Crippen MR) is 160 cm³/mol. The van der Waals surface area contributed by atoms with Crippen LogP contribution in [0.1, 0.15) is 57.4 Å². The standard InChI is InChI=1S/C31H39N7O3/c1-5-37(30(39)41-31(2,3)4)15-9-10-16-38-29-26(28(32)33-20-34-29)27(36-38)25-17-22-13-14-23(18-24(22)35-25)40-19-21-11-7-6-8-12-21/h6-8,11-14,17,20,23,35H,5,9-10,15-16,18-19H2,1-4H3,(H2,32,33,34). The molecule has 0 spiro atoms. The quantitative estimate of drug-likeness (QED) is 0.243. The SMILES string of the molecule is CCN(CCCCn1nc(-c2cc3c([nH]2)CC(OCc2ccccc2)C=C3)c2c(N)ncnc21)C(=O)OC(C)(C)C. The van der Waals surface area contributed by atoms with Gasteiger partial charge in [0.25, 0.3) is 0 Å². The molecule has 41 heavy (non-hydrogen) atoms. The fourth-order valence-electron chi connectivity index (χ4n) is 4.97. The third-order valence-corrected chi connectivity index (χ3v) is 7.03. The van der Waals surface area contributed by atoms with Crippen molar-refractivity contribution in [2.75, 3.05) is 18.8 Å². The van der Waals surface area contributed by atoms with E-state index < -0.39 is 5.60 Å². The van der Waals surface area contributed by atoms with Crippen molar-refractivity contribution in [1.82, 2.24) is 29.6 Å². The maximum atomic E-state index is 12.5. The summed E-state index contributed by atoms with van der Waals surface area (Å²) in [5.74, 6) is 0.394. The first-order chi connectivity index (χ1) is 19.7. The van der Waals surface area contributed by atoms with E-state index in [-0.39, 0.29) is 12.2 Å². The number of benzene rings is 1. The van der Waals surface area contributed by atoms with Crippen molar-refractivity contribution >= 4 is 29.0 Å². The summed E-state index contributed by atoms with van der Waals surface area (Å²) in [5.41, 5.74) is 11.5. The topological polar surface area (TPSA) is 124 Å². The number of amides is 1. The van der Waals surface area contributed by atoms with Crippen LogP contribution < -0.4 is 5.73 Å². The van der Waals surface area contributed by atoms with Gasteiger partial charge in [0.15, 0.2) is 5.65 Å². The molecule has 1 amide bonds. The summed E-state index contributed by atoms with van der Waals surface area (Å²) in [7, 11) is 0. The highest BCUT2D eigenvalue weighted by atomic mass is 16.6. The monoisotopic (exact) mass is 557 g/mol. The second-order valence-electron chi connectivity index (χ2n) is 11.3. The Bertz CT molecular complexity index is 1520. The number of hydrogen-bond donors (Lipinski definition) is 2. The lowest BCUT2D eigenvalue weighted by Gasteiger charge is -2.26. The van der Waals surface area contributed by atoms with Crippen LogP contribution >= 0.6 is 0 Å². The molecule has 3 heterocycles. The number of aromatic amines is 1. The Kier molecular flexibility index (Phi) is 8.39. The molecule has 0 saturated carbocycles. The van der Waals surface area contributed by atoms with Crippen LogP contribution in [0.15, 0.2) is 48.8 Å². The van der Waals surface area contributed by atoms with Gasteiger partial charge in [-0.3, -0.25) is 0 Å². The second kappa shape index (κ2) is 12.1. The third kappa shape index (κ3) is 6.77. The van der Waals surface area contributed by atoms with Crippen LogP contribution in [0.4, 0.5) is 10.6 Å². The first kappa shape index (κ1) is 28.4. The summed E-state index contributed by atoms with van der Waals surface area (Å²) in [5, 5.41) is 5.65. The van der Waals surface area contributed by atoms with Gasteiger partial charge >= 0.3 is 6.09 Å². The second-order valence-corrected chi connectivity index (χ2v) is 11.3. The first-order valence-corrected chi connectivity index (χ1v) is 14.2. The Balaban J connectivity index is 1.27. The minimum absolute atomic E-state index is 0.0136. The van der Waals surface area contributed by atoms with E-state index in [1.807, 2.05) is 50.6 Å². The van der Waals surface area contributed by atoms with E-state index in [0.29, 0.717) is 37.7 Å². The molecule has 10 heteroatoms. The van der Waals surface area contributed by atoms with Crippen LogP contribution in [0.2, 0.25) is 0 Å². The van der Waals surface area contributed by atoms with E-state index in [1.54, 1.807) is 4.90 Å². The number of unbranched alkanes of at least 4 members (excludes halogenated alkanes) is 1. The summed E-state index contributed by atoms with van der Waals surface area (Å²) < 4.78 is 13.6. The van der Waals surface area contributed by atoms with Gasteiger partial charge < -0.3 is 25.1 Å². The molecule has 1 aliphatic rings. The fourth-order valence-corrected chi connectivity index (χ4v) is 4.97. The number of hydrogen-bond acceptors (Lipinski definition) is 7. The number of aryl methyl sites for hydroxylation is 1. The highest BCUT2D eigenvalue weighted by Gasteiger charge is 2.23. The number of rotatable bonds is 10. The lowest BCUT2D eigenvalue weighted by Crippen LogP contribution is -2.37. The summed E-state index contributed by atoms with van der Waals surface area (Å²) in [6.07, 6.45) is 7.73. The van der Waals surface area contributed by atoms with Gasteiger partial charge in [0, 0.05) is 31.7 Å². The molecule has 5 rings (SSSR count). The maximum Gasteiger partial charge on any atom is 0.410 e. The molecule has 1 aliphatic carbocycles. The van der Waals surface area contributed by atoms with E-state index in [0.717, 1.165) is 52.9 Å². The normalized spacial score (nSPS) is 14.8. The summed E-state index contributed by atoms with van der Waals surface area (Å²) in [4.78, 5) is 26.5. The largest absolute Gasteiger partial charge is 0.444 e. The molecule has 10 nitrogen and oxygen atoms in total. The molecular weight excluding hydrogens is 518 g/mol. The van der Waals surface area contributed by atoms with Crippen molar-refractivity contribution < 1.29 is 14.3 Å². The molecule has 1 unspecified atom stereocenters. The number of nitrogens with one attached hydrogen (secondary N) is 1. The molecule has 3 N–H and O–H groups in total. The van der Waals surface area contributed by atoms with Gasteiger partial charge in [-0.2, -0.15) is 5.10 Å². The smallest absolute Gasteiger partial charge is 0.410 e. The molecule has 0 saturated heterocycles. The number of H-pyrrole nitrogens is 1. The average Bonchev–Trinajstić information content (AvgIpc) is 3.53. The molecule has 0 fully saturated rings. The zero-order valence-electron chi connectivity index (χ0n) is 24.3. The summed E-state index contributed by atoms with van der Waals surface area (Å²) >= 11 is 0. The van der Waals surface area contributed by atoms with Gasteiger partial charge in [-0.1, -0.05) is 42.5 Å². The van der Waals surface area contributed by atoms with E-state index in [9.17, 15) is 4.79 Å². The number of aromatic nitrogens is 5. The molecule has 4 aromatic rings.